The third-order valence-corrected chi connectivity index (χ3v) is 3.37. The Kier molecular flexibility index (Phi) is 3.27. The van der Waals surface area contributed by atoms with Gasteiger partial charge in [-0.05, 0) is 32.1 Å². The Bertz CT molecular complexity index is 367. The van der Waals surface area contributed by atoms with Crippen LogP contribution in [0.5, 0.6) is 5.88 Å². The molecule has 2 atom stereocenters. The predicted molar refractivity (Wildman–Crippen MR) is 63.2 cm³/mol. The first-order valence-corrected chi connectivity index (χ1v) is 5.92. The molecule has 0 saturated heterocycles. The topological polar surface area (TPSA) is 61.0 Å². The van der Waals surface area contributed by atoms with E-state index in [1.54, 1.807) is 0 Å². The van der Waals surface area contributed by atoms with Crippen LogP contribution < -0.4 is 10.5 Å². The second-order valence-corrected chi connectivity index (χ2v) is 4.61. The molecule has 4 heteroatoms. The van der Waals surface area contributed by atoms with Crippen LogP contribution in [-0.4, -0.2) is 16.1 Å². The van der Waals surface area contributed by atoms with Crippen molar-refractivity contribution >= 4 is 5.82 Å². The highest BCUT2D eigenvalue weighted by molar-refractivity contribution is 5.43. The molecule has 1 heterocycles. The Balaban J connectivity index is 2.10. The molecular weight excluding hydrogens is 202 g/mol. The summed E-state index contributed by atoms with van der Waals surface area (Å²) in [5, 5.41) is 0. The Labute approximate surface area is 96.2 Å². The molecule has 0 spiro atoms. The highest BCUT2D eigenvalue weighted by atomic mass is 16.5. The van der Waals surface area contributed by atoms with Gasteiger partial charge in [0.15, 0.2) is 0 Å². The average Bonchev–Trinajstić information content (AvgIpc) is 2.28. The first-order chi connectivity index (χ1) is 7.68. The van der Waals surface area contributed by atoms with E-state index < -0.39 is 0 Å². The highest BCUT2D eigenvalue weighted by Gasteiger charge is 2.24. The quantitative estimate of drug-likeness (QED) is 0.832. The number of rotatable bonds is 2. The van der Waals surface area contributed by atoms with Crippen LogP contribution in [0, 0.1) is 12.8 Å². The van der Waals surface area contributed by atoms with Gasteiger partial charge in [0, 0.05) is 0 Å². The monoisotopic (exact) mass is 221 g/mol. The van der Waals surface area contributed by atoms with Gasteiger partial charge in [0.1, 0.15) is 18.2 Å². The summed E-state index contributed by atoms with van der Waals surface area (Å²) in [6.45, 7) is 4.14. The van der Waals surface area contributed by atoms with Crippen molar-refractivity contribution in [2.24, 2.45) is 5.92 Å². The largest absolute Gasteiger partial charge is 0.474 e. The van der Waals surface area contributed by atoms with Crippen LogP contribution in [0.4, 0.5) is 5.82 Å². The summed E-state index contributed by atoms with van der Waals surface area (Å²) < 4.78 is 5.95. The molecule has 1 saturated carbocycles. The van der Waals surface area contributed by atoms with Crippen molar-refractivity contribution < 1.29 is 4.74 Å². The molecule has 1 aromatic rings. The molecule has 2 rings (SSSR count). The molecule has 1 aliphatic rings. The van der Waals surface area contributed by atoms with Crippen molar-refractivity contribution in [1.82, 2.24) is 9.97 Å². The second-order valence-electron chi connectivity index (χ2n) is 4.61. The van der Waals surface area contributed by atoms with E-state index >= 15 is 0 Å². The first kappa shape index (κ1) is 11.2. The minimum Gasteiger partial charge on any atom is -0.474 e. The van der Waals surface area contributed by atoms with E-state index in [4.69, 9.17) is 10.5 Å². The summed E-state index contributed by atoms with van der Waals surface area (Å²) in [4.78, 5) is 8.09. The van der Waals surface area contributed by atoms with E-state index in [-0.39, 0.29) is 6.10 Å². The maximum absolute atomic E-state index is 5.95. The van der Waals surface area contributed by atoms with Gasteiger partial charge in [-0.1, -0.05) is 13.3 Å². The molecule has 4 nitrogen and oxygen atoms in total. The van der Waals surface area contributed by atoms with Crippen LogP contribution in [0.2, 0.25) is 0 Å². The Morgan fingerprint density at radius 3 is 2.81 bits per heavy atom. The zero-order valence-electron chi connectivity index (χ0n) is 9.94. The molecule has 1 aromatic heterocycles. The van der Waals surface area contributed by atoms with E-state index in [1.165, 1.54) is 25.6 Å². The number of hydrogen-bond acceptors (Lipinski definition) is 4. The molecule has 0 radical (unpaired) electrons. The van der Waals surface area contributed by atoms with Crippen molar-refractivity contribution in [3.05, 3.63) is 11.9 Å². The highest BCUT2D eigenvalue weighted by Crippen LogP contribution is 2.29. The zero-order valence-corrected chi connectivity index (χ0v) is 9.94. The maximum Gasteiger partial charge on any atom is 0.221 e. The number of hydrogen-bond donors (Lipinski definition) is 1. The third kappa shape index (κ3) is 2.26. The van der Waals surface area contributed by atoms with E-state index in [0.717, 1.165) is 12.0 Å². The third-order valence-electron chi connectivity index (χ3n) is 3.37. The maximum atomic E-state index is 5.95. The molecule has 1 aliphatic carbocycles. The summed E-state index contributed by atoms with van der Waals surface area (Å²) in [5.74, 6) is 1.75. The van der Waals surface area contributed by atoms with Crippen molar-refractivity contribution in [3.8, 4) is 5.88 Å². The van der Waals surface area contributed by atoms with Gasteiger partial charge in [-0.3, -0.25) is 0 Å². The summed E-state index contributed by atoms with van der Waals surface area (Å²) in [7, 11) is 0. The summed E-state index contributed by atoms with van der Waals surface area (Å²) in [6.07, 6.45) is 6.65. The van der Waals surface area contributed by atoms with Gasteiger partial charge in [-0.25, -0.2) is 9.97 Å². The van der Waals surface area contributed by atoms with Gasteiger partial charge in [0.05, 0.1) is 5.56 Å². The fourth-order valence-corrected chi connectivity index (χ4v) is 2.17. The normalized spacial score (nSPS) is 25.4. The molecule has 0 aromatic carbocycles. The van der Waals surface area contributed by atoms with Gasteiger partial charge in [0.2, 0.25) is 5.88 Å². The number of nitrogen functional groups attached to an aromatic ring is 1. The van der Waals surface area contributed by atoms with E-state index in [9.17, 15) is 0 Å². The molecule has 16 heavy (non-hydrogen) atoms. The van der Waals surface area contributed by atoms with Gasteiger partial charge in [0.25, 0.3) is 0 Å². The van der Waals surface area contributed by atoms with Gasteiger partial charge in [-0.15, -0.1) is 0 Å². The number of anilines is 1. The summed E-state index contributed by atoms with van der Waals surface area (Å²) >= 11 is 0. The van der Waals surface area contributed by atoms with E-state index in [0.29, 0.717) is 17.6 Å². The molecule has 2 unspecified atom stereocenters. The standard InChI is InChI=1S/C12H19N3O/c1-8-5-3-4-6-10(8)16-12-9(2)11(13)14-7-15-12/h7-8,10H,3-6H2,1-2H3,(H2,13,14,15). The molecule has 1 fully saturated rings. The lowest BCUT2D eigenvalue weighted by Crippen LogP contribution is -2.29. The van der Waals surface area contributed by atoms with Crippen molar-refractivity contribution in [3.63, 3.8) is 0 Å². The number of nitrogens with zero attached hydrogens (tertiary/aromatic N) is 2. The number of nitrogens with two attached hydrogens (primary N) is 1. The zero-order chi connectivity index (χ0) is 11.5. The van der Waals surface area contributed by atoms with E-state index in [1.807, 2.05) is 6.92 Å². The van der Waals surface area contributed by atoms with Crippen LogP contribution in [0.3, 0.4) is 0 Å². The van der Waals surface area contributed by atoms with Crippen LogP contribution in [0.1, 0.15) is 38.2 Å². The van der Waals surface area contributed by atoms with Crippen molar-refractivity contribution in [2.75, 3.05) is 5.73 Å². The van der Waals surface area contributed by atoms with Crippen molar-refractivity contribution in [1.29, 1.82) is 0 Å². The minimum absolute atomic E-state index is 0.279. The Hall–Kier alpha value is -1.32. The Morgan fingerprint density at radius 1 is 1.31 bits per heavy atom. The molecule has 0 amide bonds. The predicted octanol–water partition coefficient (Wildman–Crippen LogP) is 2.32. The Morgan fingerprint density at radius 2 is 2.06 bits per heavy atom. The fraction of sp³-hybridized carbons (Fsp3) is 0.667. The molecule has 0 aliphatic heterocycles. The summed E-state index contributed by atoms with van der Waals surface area (Å²) in [6, 6.07) is 0. The van der Waals surface area contributed by atoms with Crippen molar-refractivity contribution in [2.45, 2.75) is 45.6 Å². The van der Waals surface area contributed by atoms with Gasteiger partial charge < -0.3 is 10.5 Å². The first-order valence-electron chi connectivity index (χ1n) is 5.92. The average molecular weight is 221 g/mol. The number of aromatic nitrogens is 2. The van der Waals surface area contributed by atoms with Gasteiger partial charge >= 0.3 is 0 Å². The lowest BCUT2D eigenvalue weighted by molar-refractivity contribution is 0.0967. The van der Waals surface area contributed by atoms with E-state index in [2.05, 4.69) is 16.9 Å². The SMILES string of the molecule is Cc1c(N)ncnc1OC1CCCCC1C. The van der Waals surface area contributed by atoms with Crippen LogP contribution in [0.25, 0.3) is 0 Å². The molecule has 0 bridgehead atoms. The molecule has 2 N–H and O–H groups in total. The second kappa shape index (κ2) is 4.68. The fourth-order valence-electron chi connectivity index (χ4n) is 2.17. The summed E-state index contributed by atoms with van der Waals surface area (Å²) in [5.41, 5.74) is 6.58. The smallest absolute Gasteiger partial charge is 0.221 e. The molecular formula is C12H19N3O. The van der Waals surface area contributed by atoms with Crippen LogP contribution >= 0.6 is 0 Å². The number of ether oxygens (including phenoxy) is 1. The molecule has 88 valence electrons. The van der Waals surface area contributed by atoms with Gasteiger partial charge in [-0.2, -0.15) is 0 Å². The van der Waals surface area contributed by atoms with Crippen LogP contribution in [0.15, 0.2) is 6.33 Å². The minimum atomic E-state index is 0.279. The lowest BCUT2D eigenvalue weighted by Gasteiger charge is -2.29. The lowest BCUT2D eigenvalue weighted by atomic mass is 9.88. The van der Waals surface area contributed by atoms with Crippen LogP contribution in [-0.2, 0) is 0 Å².